The van der Waals surface area contributed by atoms with Crippen LogP contribution in [-0.4, -0.2) is 19.5 Å². The summed E-state index contributed by atoms with van der Waals surface area (Å²) in [5.74, 6) is -0.196. The molecule has 3 rings (SSSR count). The predicted octanol–water partition coefficient (Wildman–Crippen LogP) is 7.06. The molecule has 0 atom stereocenters. The summed E-state index contributed by atoms with van der Waals surface area (Å²) in [7, 11) is -0.190. The van der Waals surface area contributed by atoms with Gasteiger partial charge in [-0.3, -0.25) is 0 Å². The van der Waals surface area contributed by atoms with E-state index in [-0.39, 0.29) is 16.7 Å². The van der Waals surface area contributed by atoms with Gasteiger partial charge >= 0.3 is 36.4 Å². The minimum atomic E-state index is -11.2. The molecule has 3 aromatic carbocycles. The average Bonchev–Trinajstić information content (AvgIpc) is 2.56. The van der Waals surface area contributed by atoms with Crippen molar-refractivity contribution in [2.45, 2.75) is 14.7 Å². The van der Waals surface area contributed by atoms with Crippen LogP contribution in [0.25, 0.3) is 0 Å². The summed E-state index contributed by atoms with van der Waals surface area (Å²) in [6, 6.07) is 27.5. The van der Waals surface area contributed by atoms with E-state index >= 15 is 0 Å². The second kappa shape index (κ2) is 7.40. The van der Waals surface area contributed by atoms with Crippen LogP contribution in [-0.2, 0) is 10.9 Å². The molecule has 0 nitrogen and oxygen atoms in total. The minimum absolute atomic E-state index is 0.190. The monoisotopic (exact) mass is 516 g/mol. The van der Waals surface area contributed by atoms with Crippen LogP contribution in [0.4, 0.5) is 21.3 Å². The molecule has 27 heavy (non-hydrogen) atoms. The summed E-state index contributed by atoms with van der Waals surface area (Å²) in [5.41, 5.74) is 0. The Morgan fingerprint density at radius 3 is 1.11 bits per heavy atom. The maximum absolute atomic E-state index is 13.2. The molecular formula is C18H14F7SSb. The molecule has 0 heterocycles. The quantitative estimate of drug-likeness (QED) is 0.198. The van der Waals surface area contributed by atoms with Crippen molar-refractivity contribution in [3.8, 4) is 0 Å². The van der Waals surface area contributed by atoms with Gasteiger partial charge in [0.2, 0.25) is 0 Å². The van der Waals surface area contributed by atoms with Crippen molar-refractivity contribution in [2.24, 2.45) is 0 Å². The third-order valence-corrected chi connectivity index (χ3v) is 5.24. The number of benzene rings is 3. The zero-order chi connectivity index (χ0) is 20.2. The van der Waals surface area contributed by atoms with Gasteiger partial charge in [0.15, 0.2) is 14.7 Å². The first kappa shape index (κ1) is 21.6. The first-order chi connectivity index (χ1) is 12.3. The van der Waals surface area contributed by atoms with E-state index in [0.717, 1.165) is 4.90 Å². The van der Waals surface area contributed by atoms with Crippen molar-refractivity contribution < 1.29 is 21.3 Å². The summed E-state index contributed by atoms with van der Waals surface area (Å²) in [6.45, 7) is 0. The van der Waals surface area contributed by atoms with Gasteiger partial charge in [0.25, 0.3) is 0 Å². The summed E-state index contributed by atoms with van der Waals surface area (Å²) < 4.78 is 72.7. The summed E-state index contributed by atoms with van der Waals surface area (Å²) in [5, 5.41) is 0. The maximum atomic E-state index is 13.2. The molecule has 0 aromatic heterocycles. The Bertz CT molecular complexity index is 814. The fourth-order valence-electron chi connectivity index (χ4n) is 2.09. The molecule has 9 heteroatoms. The van der Waals surface area contributed by atoms with Gasteiger partial charge < -0.3 is 0 Å². The normalized spacial score (nSPS) is 13.9. The third kappa shape index (κ3) is 9.20. The Balaban J connectivity index is 0.000000321. The van der Waals surface area contributed by atoms with Gasteiger partial charge in [0.05, 0.1) is 10.9 Å². The van der Waals surface area contributed by atoms with E-state index in [1.165, 1.54) is 21.9 Å². The van der Waals surface area contributed by atoms with Crippen LogP contribution in [0.15, 0.2) is 99.6 Å². The van der Waals surface area contributed by atoms with Crippen LogP contribution in [0, 0.1) is 5.82 Å². The molecule has 3 aromatic rings. The molecule has 0 saturated heterocycles. The molecule has 0 saturated carbocycles. The molecule has 0 aliphatic carbocycles. The second-order valence-electron chi connectivity index (χ2n) is 5.34. The Morgan fingerprint density at radius 2 is 0.778 bits per heavy atom. The first-order valence-electron chi connectivity index (χ1n) is 7.46. The van der Waals surface area contributed by atoms with E-state index in [9.17, 15) is 21.3 Å². The van der Waals surface area contributed by atoms with E-state index < -0.39 is 19.5 Å². The second-order valence-corrected chi connectivity index (χ2v) is 12.8. The Morgan fingerprint density at radius 1 is 0.481 bits per heavy atom. The van der Waals surface area contributed by atoms with Gasteiger partial charge in [-0.15, -0.1) is 0 Å². The standard InChI is InChI=1S/C18H14FS.6FH.Sb/c19-15-11-13-18(14-12-15)20(16-7-3-1-4-8-16)17-9-5-2-6-10-17;;;;;;;/h1-14H;6*1H;/q+1;;;;;;;+5/p-6. The summed E-state index contributed by atoms with van der Waals surface area (Å²) >= 11 is -11.2. The van der Waals surface area contributed by atoms with Gasteiger partial charge in [0.1, 0.15) is 5.82 Å². The Kier molecular flexibility index (Phi) is 5.93. The van der Waals surface area contributed by atoms with Crippen LogP contribution >= 0.6 is 0 Å². The van der Waals surface area contributed by atoms with Gasteiger partial charge in [-0.05, 0) is 48.5 Å². The fraction of sp³-hybridized carbons (Fsp3) is 0. The molecule has 0 aliphatic heterocycles. The van der Waals surface area contributed by atoms with Crippen LogP contribution in [0.2, 0.25) is 0 Å². The van der Waals surface area contributed by atoms with Crippen LogP contribution < -0.4 is 0 Å². The van der Waals surface area contributed by atoms with Crippen LogP contribution in [0.1, 0.15) is 0 Å². The molecule has 0 unspecified atom stereocenters. The molecule has 0 spiro atoms. The molecular weight excluding hydrogens is 503 g/mol. The third-order valence-electron chi connectivity index (χ3n) is 3.01. The zero-order valence-corrected chi connectivity index (χ0v) is 17.0. The molecule has 146 valence electrons. The Hall–Kier alpha value is -1.66. The van der Waals surface area contributed by atoms with Crippen molar-refractivity contribution in [2.75, 3.05) is 0 Å². The first-order valence-corrected chi connectivity index (χ1v) is 14.5. The van der Waals surface area contributed by atoms with Crippen molar-refractivity contribution in [1.82, 2.24) is 0 Å². The Labute approximate surface area is 156 Å². The van der Waals surface area contributed by atoms with E-state index in [0.29, 0.717) is 0 Å². The SMILES string of the molecule is Fc1ccc([S+](c2ccccc2)c2ccccc2)cc1.[F][Sb-]([F])([F])([F])([F])[F]. The summed E-state index contributed by atoms with van der Waals surface area (Å²) in [6.07, 6.45) is 0. The summed E-state index contributed by atoms with van der Waals surface area (Å²) in [4.78, 5) is 3.61. The predicted molar refractivity (Wildman–Crippen MR) is 93.8 cm³/mol. The van der Waals surface area contributed by atoms with Gasteiger partial charge in [-0.25, -0.2) is 4.39 Å². The van der Waals surface area contributed by atoms with Crippen molar-refractivity contribution in [1.29, 1.82) is 0 Å². The molecule has 0 fully saturated rings. The fourth-order valence-corrected chi connectivity index (χ4v) is 4.18. The molecule has 0 bridgehead atoms. The number of halogens is 7. The van der Waals surface area contributed by atoms with Gasteiger partial charge in [-0.1, -0.05) is 36.4 Å². The molecule has 0 aliphatic rings. The number of hydrogen-bond donors (Lipinski definition) is 0. The van der Waals surface area contributed by atoms with Gasteiger partial charge in [-0.2, -0.15) is 0 Å². The average molecular weight is 517 g/mol. The number of rotatable bonds is 3. The van der Waals surface area contributed by atoms with E-state index in [1.807, 2.05) is 48.5 Å². The molecule has 0 N–H and O–H groups in total. The topological polar surface area (TPSA) is 0 Å². The van der Waals surface area contributed by atoms with Crippen molar-refractivity contribution >= 4 is 30.4 Å². The zero-order valence-electron chi connectivity index (χ0n) is 13.6. The van der Waals surface area contributed by atoms with Gasteiger partial charge in [0, 0.05) is 0 Å². The number of hydrogen-bond acceptors (Lipinski definition) is 0. The van der Waals surface area contributed by atoms with E-state index in [2.05, 4.69) is 24.3 Å². The van der Waals surface area contributed by atoms with E-state index in [1.54, 1.807) is 0 Å². The van der Waals surface area contributed by atoms with E-state index in [4.69, 9.17) is 0 Å². The molecule has 0 amide bonds. The van der Waals surface area contributed by atoms with Crippen molar-refractivity contribution in [3.05, 3.63) is 90.7 Å². The van der Waals surface area contributed by atoms with Crippen molar-refractivity contribution in [3.63, 3.8) is 0 Å². The van der Waals surface area contributed by atoms with Crippen LogP contribution in [0.3, 0.4) is 0 Å². The van der Waals surface area contributed by atoms with Crippen LogP contribution in [0.5, 0.6) is 0 Å². The molecule has 0 radical (unpaired) electrons.